The molecule has 182 valence electrons. The molecule has 0 bridgehead atoms. The van der Waals surface area contributed by atoms with E-state index in [1.807, 2.05) is 13.8 Å². The van der Waals surface area contributed by atoms with E-state index < -0.39 is 10.0 Å². The monoisotopic (exact) mass is 485 g/mol. The van der Waals surface area contributed by atoms with Crippen LogP contribution in [0.5, 0.6) is 0 Å². The van der Waals surface area contributed by atoms with Crippen molar-refractivity contribution in [1.29, 1.82) is 0 Å². The van der Waals surface area contributed by atoms with Crippen molar-refractivity contribution in [2.24, 2.45) is 5.92 Å². The van der Waals surface area contributed by atoms with Gasteiger partial charge < -0.3 is 10.2 Å². The van der Waals surface area contributed by atoms with Crippen molar-refractivity contribution in [2.45, 2.75) is 38.5 Å². The highest BCUT2D eigenvalue weighted by Crippen LogP contribution is 2.25. The normalized spacial score (nSPS) is 15.0. The zero-order valence-electron chi connectivity index (χ0n) is 19.8. The second kappa shape index (κ2) is 10.9. The molecule has 1 heterocycles. The average molecular weight is 486 g/mol. The molecule has 0 atom stereocenters. The van der Waals surface area contributed by atoms with Gasteiger partial charge in [-0.2, -0.15) is 4.31 Å². The second-order valence-corrected chi connectivity index (χ2v) is 10.2. The topological polar surface area (TPSA) is 104 Å². The Hall–Kier alpha value is -3.04. The van der Waals surface area contributed by atoms with Gasteiger partial charge in [0.05, 0.1) is 4.90 Å². The largest absolute Gasteiger partial charge is 0.339 e. The first-order valence-electron chi connectivity index (χ1n) is 11.5. The van der Waals surface area contributed by atoms with Gasteiger partial charge in [-0.3, -0.25) is 14.4 Å². The first kappa shape index (κ1) is 25.6. The summed E-state index contributed by atoms with van der Waals surface area (Å²) in [6, 6.07) is 12.7. The van der Waals surface area contributed by atoms with E-state index in [2.05, 4.69) is 5.32 Å². The van der Waals surface area contributed by atoms with Crippen LogP contribution in [-0.4, -0.2) is 61.4 Å². The molecule has 2 amide bonds. The summed E-state index contributed by atoms with van der Waals surface area (Å²) in [5.41, 5.74) is 1.62. The van der Waals surface area contributed by atoms with Crippen LogP contribution in [0.3, 0.4) is 0 Å². The van der Waals surface area contributed by atoms with Gasteiger partial charge in [0, 0.05) is 48.9 Å². The Morgan fingerprint density at radius 2 is 1.44 bits per heavy atom. The van der Waals surface area contributed by atoms with Gasteiger partial charge in [0.2, 0.25) is 15.9 Å². The van der Waals surface area contributed by atoms with E-state index in [9.17, 15) is 22.8 Å². The number of piperidine rings is 1. The highest BCUT2D eigenvalue weighted by atomic mass is 32.2. The van der Waals surface area contributed by atoms with Crippen molar-refractivity contribution >= 4 is 33.3 Å². The summed E-state index contributed by atoms with van der Waals surface area (Å²) in [6.07, 6.45) is 0.824. The molecule has 9 heteroatoms. The molecule has 0 saturated carbocycles. The maximum absolute atomic E-state index is 12.9. The summed E-state index contributed by atoms with van der Waals surface area (Å²) >= 11 is 0. The van der Waals surface area contributed by atoms with Gasteiger partial charge in [0.15, 0.2) is 5.78 Å². The summed E-state index contributed by atoms with van der Waals surface area (Å²) in [4.78, 5) is 38.4. The van der Waals surface area contributed by atoms with Crippen LogP contribution in [-0.2, 0) is 14.8 Å². The molecule has 0 spiro atoms. The van der Waals surface area contributed by atoms with Gasteiger partial charge in [0.25, 0.3) is 5.91 Å². The fourth-order valence-corrected chi connectivity index (χ4v) is 5.47. The fraction of sp³-hybridized carbons (Fsp3) is 0.400. The number of benzene rings is 2. The van der Waals surface area contributed by atoms with Gasteiger partial charge >= 0.3 is 0 Å². The molecule has 34 heavy (non-hydrogen) atoms. The second-order valence-electron chi connectivity index (χ2n) is 8.30. The predicted octanol–water partition coefficient (Wildman–Crippen LogP) is 3.41. The summed E-state index contributed by atoms with van der Waals surface area (Å²) in [5.74, 6) is -0.637. The Labute approximate surface area is 201 Å². The van der Waals surface area contributed by atoms with E-state index in [1.54, 1.807) is 29.2 Å². The van der Waals surface area contributed by atoms with Crippen molar-refractivity contribution in [3.05, 3.63) is 59.7 Å². The number of carbonyl (C=O) groups excluding carboxylic acids is 3. The number of carbonyl (C=O) groups is 3. The molecule has 2 aromatic carbocycles. The summed E-state index contributed by atoms with van der Waals surface area (Å²) in [6.45, 7) is 7.03. The van der Waals surface area contributed by atoms with Crippen molar-refractivity contribution in [3.63, 3.8) is 0 Å². The molecule has 0 aromatic heterocycles. The van der Waals surface area contributed by atoms with Gasteiger partial charge in [-0.15, -0.1) is 0 Å². The molecule has 1 N–H and O–H groups in total. The average Bonchev–Trinajstić information content (AvgIpc) is 2.85. The highest BCUT2D eigenvalue weighted by molar-refractivity contribution is 7.89. The number of nitrogens with zero attached hydrogens (tertiary/aromatic N) is 2. The van der Waals surface area contributed by atoms with Crippen LogP contribution in [0.2, 0.25) is 0 Å². The molecule has 0 aliphatic carbocycles. The van der Waals surface area contributed by atoms with E-state index in [0.29, 0.717) is 42.7 Å². The number of anilines is 1. The van der Waals surface area contributed by atoms with Crippen LogP contribution >= 0.6 is 0 Å². The molecule has 1 fully saturated rings. The smallest absolute Gasteiger partial charge is 0.253 e. The Kier molecular flexibility index (Phi) is 8.22. The first-order chi connectivity index (χ1) is 16.2. The molecular formula is C25H31N3O5S. The zero-order chi connectivity index (χ0) is 24.9. The van der Waals surface area contributed by atoms with Crippen molar-refractivity contribution in [2.75, 3.05) is 31.5 Å². The van der Waals surface area contributed by atoms with E-state index in [4.69, 9.17) is 0 Å². The van der Waals surface area contributed by atoms with Crippen LogP contribution in [0.1, 0.15) is 54.3 Å². The van der Waals surface area contributed by atoms with E-state index in [0.717, 1.165) is 0 Å². The Balaban J connectivity index is 1.57. The Bertz CT molecular complexity index is 1130. The lowest BCUT2D eigenvalue weighted by Gasteiger charge is -2.30. The molecule has 1 saturated heterocycles. The maximum Gasteiger partial charge on any atom is 0.253 e. The van der Waals surface area contributed by atoms with Crippen LogP contribution in [0, 0.1) is 5.92 Å². The maximum atomic E-state index is 12.9. The molecule has 1 aliphatic rings. The quantitative estimate of drug-likeness (QED) is 0.577. The van der Waals surface area contributed by atoms with Gasteiger partial charge in [-0.25, -0.2) is 8.42 Å². The lowest BCUT2D eigenvalue weighted by Crippen LogP contribution is -2.41. The minimum atomic E-state index is -3.68. The van der Waals surface area contributed by atoms with Crippen LogP contribution < -0.4 is 5.32 Å². The van der Waals surface area contributed by atoms with Crippen LogP contribution in [0.4, 0.5) is 5.69 Å². The lowest BCUT2D eigenvalue weighted by atomic mass is 9.97. The van der Waals surface area contributed by atoms with Crippen LogP contribution in [0.15, 0.2) is 53.4 Å². The Morgan fingerprint density at radius 3 is 1.94 bits per heavy atom. The highest BCUT2D eigenvalue weighted by Gasteiger charge is 2.32. The third-order valence-corrected chi connectivity index (χ3v) is 8.09. The molecule has 1 aliphatic heterocycles. The number of ketones is 1. The zero-order valence-corrected chi connectivity index (χ0v) is 20.6. The predicted molar refractivity (Wildman–Crippen MR) is 130 cm³/mol. The lowest BCUT2D eigenvalue weighted by molar-refractivity contribution is -0.120. The van der Waals surface area contributed by atoms with Crippen LogP contribution in [0.25, 0.3) is 0 Å². The molecular weight excluding hydrogens is 454 g/mol. The molecule has 2 aromatic rings. The molecule has 8 nitrogen and oxygen atoms in total. The van der Waals surface area contributed by atoms with Gasteiger partial charge in [-0.05, 0) is 70.0 Å². The fourth-order valence-electron chi connectivity index (χ4n) is 4.00. The molecule has 0 radical (unpaired) electrons. The van der Waals surface area contributed by atoms with Crippen molar-refractivity contribution in [1.82, 2.24) is 9.21 Å². The minimum Gasteiger partial charge on any atom is -0.339 e. The third-order valence-electron chi connectivity index (χ3n) is 6.17. The van der Waals surface area contributed by atoms with E-state index in [-0.39, 0.29) is 41.5 Å². The summed E-state index contributed by atoms with van der Waals surface area (Å²) < 4.78 is 27.2. The van der Waals surface area contributed by atoms with Crippen molar-refractivity contribution in [3.8, 4) is 0 Å². The number of hydrogen-bond acceptors (Lipinski definition) is 5. The van der Waals surface area contributed by atoms with Gasteiger partial charge in [-0.1, -0.05) is 12.1 Å². The molecule has 3 rings (SSSR count). The summed E-state index contributed by atoms with van der Waals surface area (Å²) in [5, 5.41) is 2.87. The third kappa shape index (κ3) is 5.71. The minimum absolute atomic E-state index is 0.0487. The van der Waals surface area contributed by atoms with Crippen molar-refractivity contribution < 1.29 is 22.8 Å². The Morgan fingerprint density at radius 1 is 0.912 bits per heavy atom. The number of sulfonamides is 1. The number of rotatable bonds is 8. The number of Topliss-reactive ketones (excluding diaryl/α,β-unsaturated/α-hetero) is 1. The first-order valence-corrected chi connectivity index (χ1v) is 12.9. The number of amides is 2. The number of hydrogen-bond donors (Lipinski definition) is 1. The standard InChI is InChI=1S/C25H31N3O5S/c1-4-27(5-2)25(31)21-6-10-22(11-7-21)26-24(30)20-14-16-28(17-15-20)34(32,33)23-12-8-19(9-13-23)18(3)29/h6-13,20H,4-5,14-17H2,1-3H3,(H,26,30). The molecule has 0 unspecified atom stereocenters. The SMILES string of the molecule is CCN(CC)C(=O)c1ccc(NC(=O)C2CCN(S(=O)(=O)c3ccc(C(C)=O)cc3)CC2)cc1. The van der Waals surface area contributed by atoms with Gasteiger partial charge in [0.1, 0.15) is 0 Å². The van der Waals surface area contributed by atoms with E-state index >= 15 is 0 Å². The number of nitrogens with one attached hydrogen (secondary N) is 1. The van der Waals surface area contributed by atoms with E-state index in [1.165, 1.54) is 35.5 Å². The summed E-state index contributed by atoms with van der Waals surface area (Å²) in [7, 11) is -3.68.